The maximum atomic E-state index is 13.1. The summed E-state index contributed by atoms with van der Waals surface area (Å²) in [5.74, 6) is -0.262. The second-order valence-electron chi connectivity index (χ2n) is 2.72. The van der Waals surface area contributed by atoms with Crippen LogP contribution in [0.15, 0.2) is 22.7 Å². The van der Waals surface area contributed by atoms with Gasteiger partial charge in [0, 0.05) is 11.0 Å². The Morgan fingerprint density at radius 1 is 1.57 bits per heavy atom. The molecule has 0 aliphatic heterocycles. The summed E-state index contributed by atoms with van der Waals surface area (Å²) in [7, 11) is 0. The minimum atomic E-state index is -0.402. The Kier molecular flexibility index (Phi) is 4.41. The van der Waals surface area contributed by atoms with Crippen molar-refractivity contribution in [2.45, 2.75) is 6.42 Å². The molecule has 0 aliphatic carbocycles. The zero-order valence-corrected chi connectivity index (χ0v) is 9.74. The lowest BCUT2D eigenvalue weighted by atomic mass is 10.1. The van der Waals surface area contributed by atoms with Crippen molar-refractivity contribution >= 4 is 33.8 Å². The molecule has 0 atom stereocenters. The monoisotopic (exact) mass is 277 g/mol. The molecular weight excluding hydrogens is 269 g/mol. The van der Waals surface area contributed by atoms with Gasteiger partial charge in [0.05, 0.1) is 0 Å². The Bertz CT molecular complexity index is 346. The largest absolute Gasteiger partial charge is 0.347 e. The number of hydrogen-bond donors (Lipinski definition) is 2. The van der Waals surface area contributed by atoms with Crippen LogP contribution < -0.4 is 5.32 Å². The molecule has 0 aliphatic rings. The van der Waals surface area contributed by atoms with Gasteiger partial charge in [-0.3, -0.25) is 4.79 Å². The van der Waals surface area contributed by atoms with Gasteiger partial charge in [-0.25, -0.2) is 4.39 Å². The van der Waals surface area contributed by atoms with E-state index in [4.69, 9.17) is 0 Å². The summed E-state index contributed by atoms with van der Waals surface area (Å²) in [6.07, 6.45) is 0.456. The first-order chi connectivity index (χ1) is 6.59. The van der Waals surface area contributed by atoms with Crippen molar-refractivity contribution in [1.82, 2.24) is 5.32 Å². The molecule has 1 aromatic carbocycles. The van der Waals surface area contributed by atoms with Crippen molar-refractivity contribution in [3.63, 3.8) is 0 Å². The molecule has 0 saturated heterocycles. The summed E-state index contributed by atoms with van der Waals surface area (Å²) in [6, 6.07) is 4.72. The van der Waals surface area contributed by atoms with Gasteiger partial charge in [-0.2, -0.15) is 0 Å². The van der Waals surface area contributed by atoms with E-state index < -0.39 is 5.24 Å². The van der Waals surface area contributed by atoms with Gasteiger partial charge in [0.25, 0.3) is 5.24 Å². The molecule has 1 aromatic rings. The molecular formula is C9H9BrFNOS. The first kappa shape index (κ1) is 11.5. The molecule has 1 amide bonds. The lowest BCUT2D eigenvalue weighted by molar-refractivity contribution is 0.261. The molecule has 0 bridgehead atoms. The number of carbonyl (C=O) groups is 1. The number of amides is 1. The number of nitrogens with one attached hydrogen (secondary N) is 1. The number of halogens is 2. The highest BCUT2D eigenvalue weighted by Gasteiger charge is 2.02. The number of hydrogen-bond acceptors (Lipinski definition) is 1. The lowest BCUT2D eigenvalue weighted by Gasteiger charge is -2.04. The van der Waals surface area contributed by atoms with Crippen LogP contribution in [0.1, 0.15) is 5.56 Å². The van der Waals surface area contributed by atoms with Crippen LogP contribution in [0.2, 0.25) is 0 Å². The maximum absolute atomic E-state index is 13.1. The highest BCUT2D eigenvalue weighted by molar-refractivity contribution is 9.10. The smallest absolute Gasteiger partial charge is 0.275 e. The number of benzene rings is 1. The van der Waals surface area contributed by atoms with E-state index in [9.17, 15) is 9.18 Å². The van der Waals surface area contributed by atoms with Crippen LogP contribution in [0.4, 0.5) is 9.18 Å². The van der Waals surface area contributed by atoms with Crippen molar-refractivity contribution in [2.75, 3.05) is 6.54 Å². The van der Waals surface area contributed by atoms with E-state index in [2.05, 4.69) is 33.9 Å². The third kappa shape index (κ3) is 3.67. The van der Waals surface area contributed by atoms with Crippen LogP contribution in [0.3, 0.4) is 0 Å². The Labute approximate surface area is 95.4 Å². The van der Waals surface area contributed by atoms with Crippen molar-refractivity contribution in [3.05, 3.63) is 34.1 Å². The third-order valence-electron chi connectivity index (χ3n) is 1.68. The lowest BCUT2D eigenvalue weighted by Crippen LogP contribution is -2.19. The van der Waals surface area contributed by atoms with E-state index in [1.807, 2.05) is 0 Å². The van der Waals surface area contributed by atoms with E-state index in [0.29, 0.717) is 18.5 Å². The summed E-state index contributed by atoms with van der Waals surface area (Å²) in [4.78, 5) is 10.4. The van der Waals surface area contributed by atoms with Crippen LogP contribution in [0.5, 0.6) is 0 Å². The van der Waals surface area contributed by atoms with E-state index in [-0.39, 0.29) is 5.82 Å². The van der Waals surface area contributed by atoms with E-state index in [1.54, 1.807) is 12.1 Å². The first-order valence-electron chi connectivity index (χ1n) is 4.00. The fourth-order valence-corrected chi connectivity index (χ4v) is 1.56. The molecule has 5 heteroatoms. The summed E-state index contributed by atoms with van der Waals surface area (Å²) >= 11 is 6.79. The van der Waals surface area contributed by atoms with Crippen molar-refractivity contribution in [2.24, 2.45) is 0 Å². The van der Waals surface area contributed by atoms with Crippen molar-refractivity contribution in [3.8, 4) is 0 Å². The molecule has 0 fully saturated rings. The topological polar surface area (TPSA) is 29.1 Å². The van der Waals surface area contributed by atoms with Gasteiger partial charge in [0.1, 0.15) is 5.82 Å². The molecule has 0 aromatic heterocycles. The molecule has 0 heterocycles. The maximum Gasteiger partial charge on any atom is 0.275 e. The van der Waals surface area contributed by atoms with E-state index in [0.717, 1.165) is 4.47 Å². The average molecular weight is 278 g/mol. The highest BCUT2D eigenvalue weighted by Crippen LogP contribution is 2.15. The van der Waals surface area contributed by atoms with Crippen LogP contribution in [-0.4, -0.2) is 11.8 Å². The molecule has 0 unspecified atom stereocenters. The third-order valence-corrected chi connectivity index (χ3v) is 2.33. The van der Waals surface area contributed by atoms with Crippen LogP contribution in [0.25, 0.3) is 0 Å². The average Bonchev–Trinajstić information content (AvgIpc) is 2.10. The SMILES string of the molecule is O=C(S)NCCc1cc(Br)ccc1F. The fourth-order valence-electron chi connectivity index (χ4n) is 1.04. The Balaban J connectivity index is 2.57. The van der Waals surface area contributed by atoms with Gasteiger partial charge in [0.2, 0.25) is 0 Å². The number of carbonyl (C=O) groups excluding carboxylic acids is 1. The Morgan fingerprint density at radius 3 is 2.93 bits per heavy atom. The van der Waals surface area contributed by atoms with Crippen molar-refractivity contribution in [1.29, 1.82) is 0 Å². The van der Waals surface area contributed by atoms with Gasteiger partial charge >= 0.3 is 0 Å². The van der Waals surface area contributed by atoms with E-state index in [1.165, 1.54) is 6.07 Å². The zero-order valence-electron chi connectivity index (χ0n) is 7.26. The second kappa shape index (κ2) is 5.36. The Morgan fingerprint density at radius 2 is 2.29 bits per heavy atom. The molecule has 2 nitrogen and oxygen atoms in total. The number of thiol groups is 1. The summed E-state index contributed by atoms with van der Waals surface area (Å²) in [6.45, 7) is 0.385. The van der Waals surface area contributed by atoms with Crippen LogP contribution in [-0.2, 0) is 6.42 Å². The summed E-state index contributed by atoms with van der Waals surface area (Å²) in [5.41, 5.74) is 0.571. The van der Waals surface area contributed by atoms with Gasteiger partial charge in [-0.1, -0.05) is 28.6 Å². The van der Waals surface area contributed by atoms with Gasteiger partial charge < -0.3 is 5.32 Å². The highest BCUT2D eigenvalue weighted by atomic mass is 79.9. The van der Waals surface area contributed by atoms with Crippen LogP contribution in [0, 0.1) is 5.82 Å². The first-order valence-corrected chi connectivity index (χ1v) is 5.24. The molecule has 14 heavy (non-hydrogen) atoms. The number of rotatable bonds is 3. The minimum Gasteiger partial charge on any atom is -0.347 e. The Hall–Kier alpha value is -0.550. The van der Waals surface area contributed by atoms with Gasteiger partial charge in [-0.15, -0.1) is 0 Å². The minimum absolute atomic E-state index is 0.262. The van der Waals surface area contributed by atoms with E-state index >= 15 is 0 Å². The molecule has 0 saturated carbocycles. The summed E-state index contributed by atoms with van der Waals surface area (Å²) in [5, 5.41) is 2.08. The molecule has 76 valence electrons. The fraction of sp³-hybridized carbons (Fsp3) is 0.222. The normalized spacial score (nSPS) is 9.93. The predicted octanol–water partition coefficient (Wildman–Crippen LogP) is 2.77. The molecule has 0 spiro atoms. The molecule has 0 radical (unpaired) electrons. The predicted molar refractivity (Wildman–Crippen MR) is 60.2 cm³/mol. The second-order valence-corrected chi connectivity index (χ2v) is 4.04. The van der Waals surface area contributed by atoms with Crippen molar-refractivity contribution < 1.29 is 9.18 Å². The van der Waals surface area contributed by atoms with Gasteiger partial charge in [-0.05, 0) is 30.2 Å². The quantitative estimate of drug-likeness (QED) is 0.818. The van der Waals surface area contributed by atoms with Crippen LogP contribution >= 0.6 is 28.6 Å². The zero-order chi connectivity index (χ0) is 10.6. The van der Waals surface area contributed by atoms with Gasteiger partial charge in [0.15, 0.2) is 0 Å². The molecule has 1 rings (SSSR count). The molecule has 1 N–H and O–H groups in total. The standard InChI is InChI=1S/C9H9BrFNOS/c10-7-1-2-8(11)6(5-7)3-4-12-9(13)14/h1-2,5H,3-4H2,(H2,12,13,14). The summed E-state index contributed by atoms with van der Waals surface area (Å²) < 4.78 is 14.0.